The summed E-state index contributed by atoms with van der Waals surface area (Å²) >= 11 is 0. The summed E-state index contributed by atoms with van der Waals surface area (Å²) in [6.45, 7) is 1.89. The number of carbonyl (C=O) groups excluding carboxylic acids is 1. The molecule has 0 unspecified atom stereocenters. The van der Waals surface area contributed by atoms with Crippen LogP contribution in [0.1, 0.15) is 23.2 Å². The maximum absolute atomic E-state index is 12.1. The second-order valence-corrected chi connectivity index (χ2v) is 4.53. The van der Waals surface area contributed by atoms with E-state index in [1.54, 1.807) is 29.1 Å². The van der Waals surface area contributed by atoms with Gasteiger partial charge in [-0.15, -0.1) is 10.2 Å². The molecule has 1 atom stereocenters. The predicted molar refractivity (Wildman–Crippen MR) is 66.3 cm³/mol. The number of hydrogen-bond acceptors (Lipinski definition) is 4. The summed E-state index contributed by atoms with van der Waals surface area (Å²) in [4.78, 5) is 12.1. The molecule has 94 valence electrons. The minimum absolute atomic E-state index is 0.0423. The number of hydrogen-bond donors (Lipinski definition) is 2. The van der Waals surface area contributed by atoms with Gasteiger partial charge in [0, 0.05) is 18.8 Å². The van der Waals surface area contributed by atoms with E-state index in [0.717, 1.165) is 31.6 Å². The third-order valence-electron chi connectivity index (χ3n) is 3.19. The largest absolute Gasteiger partial charge is 0.348 e. The fraction of sp³-hybridized carbons (Fsp3) is 0.417. The highest BCUT2D eigenvalue weighted by molar-refractivity contribution is 5.94. The van der Waals surface area contributed by atoms with Crippen LogP contribution >= 0.6 is 0 Å². The zero-order valence-electron chi connectivity index (χ0n) is 9.97. The number of fused-ring (bicyclic) bond motifs is 1. The Morgan fingerprint density at radius 2 is 2.44 bits per heavy atom. The zero-order chi connectivity index (χ0) is 12.4. The number of carbonyl (C=O) groups is 1. The summed E-state index contributed by atoms with van der Waals surface area (Å²) < 4.78 is 1.74. The number of nitrogens with one attached hydrogen (secondary N) is 2. The second kappa shape index (κ2) is 4.73. The number of nitrogens with zero attached hydrogens (tertiary/aromatic N) is 3. The number of piperidine rings is 1. The fourth-order valence-corrected chi connectivity index (χ4v) is 2.21. The highest BCUT2D eigenvalue weighted by atomic mass is 16.1. The highest BCUT2D eigenvalue weighted by Gasteiger charge is 2.16. The van der Waals surface area contributed by atoms with E-state index in [4.69, 9.17) is 0 Å². The van der Waals surface area contributed by atoms with E-state index in [1.165, 1.54) is 0 Å². The van der Waals surface area contributed by atoms with Crippen molar-refractivity contribution in [2.24, 2.45) is 0 Å². The Morgan fingerprint density at radius 1 is 1.50 bits per heavy atom. The van der Waals surface area contributed by atoms with Gasteiger partial charge in [0.15, 0.2) is 5.65 Å². The number of aromatic nitrogens is 3. The summed E-state index contributed by atoms with van der Waals surface area (Å²) in [6, 6.07) is 3.79. The lowest BCUT2D eigenvalue weighted by molar-refractivity contribution is 0.0930. The van der Waals surface area contributed by atoms with Gasteiger partial charge in [0.2, 0.25) is 0 Å². The van der Waals surface area contributed by atoms with E-state index in [2.05, 4.69) is 20.8 Å². The van der Waals surface area contributed by atoms with Crippen molar-refractivity contribution in [3.05, 3.63) is 30.2 Å². The fourth-order valence-electron chi connectivity index (χ4n) is 2.21. The first-order valence-electron chi connectivity index (χ1n) is 6.14. The second-order valence-electron chi connectivity index (χ2n) is 4.53. The molecule has 0 spiro atoms. The van der Waals surface area contributed by atoms with Crippen molar-refractivity contribution in [1.82, 2.24) is 25.2 Å². The minimum Gasteiger partial charge on any atom is -0.348 e. The molecule has 3 heterocycles. The Morgan fingerprint density at radius 3 is 3.28 bits per heavy atom. The maximum atomic E-state index is 12.1. The van der Waals surface area contributed by atoms with Crippen LogP contribution in [0.25, 0.3) is 5.65 Å². The number of rotatable bonds is 2. The molecule has 3 rings (SSSR count). The van der Waals surface area contributed by atoms with Crippen molar-refractivity contribution >= 4 is 11.6 Å². The van der Waals surface area contributed by atoms with Gasteiger partial charge in [-0.1, -0.05) is 0 Å². The molecule has 0 aromatic carbocycles. The monoisotopic (exact) mass is 245 g/mol. The van der Waals surface area contributed by atoms with Crippen LogP contribution in [0.5, 0.6) is 0 Å². The van der Waals surface area contributed by atoms with E-state index >= 15 is 0 Å². The molecule has 0 aliphatic carbocycles. The van der Waals surface area contributed by atoms with Crippen LogP contribution in [0.2, 0.25) is 0 Å². The van der Waals surface area contributed by atoms with Crippen LogP contribution in [-0.4, -0.2) is 39.6 Å². The molecule has 1 amide bonds. The minimum atomic E-state index is -0.0423. The van der Waals surface area contributed by atoms with Gasteiger partial charge in [0.05, 0.1) is 5.56 Å². The van der Waals surface area contributed by atoms with E-state index in [0.29, 0.717) is 5.56 Å². The van der Waals surface area contributed by atoms with Gasteiger partial charge >= 0.3 is 0 Å². The number of amides is 1. The molecule has 6 heteroatoms. The van der Waals surface area contributed by atoms with Crippen molar-refractivity contribution < 1.29 is 4.79 Å². The Balaban J connectivity index is 1.74. The normalized spacial score (nSPS) is 19.9. The summed E-state index contributed by atoms with van der Waals surface area (Å²) in [5.74, 6) is -0.0423. The van der Waals surface area contributed by atoms with Crippen LogP contribution in [0, 0.1) is 0 Å². The molecule has 6 nitrogen and oxygen atoms in total. The van der Waals surface area contributed by atoms with Gasteiger partial charge in [-0.3, -0.25) is 9.20 Å². The van der Waals surface area contributed by atoms with Gasteiger partial charge in [-0.25, -0.2) is 0 Å². The van der Waals surface area contributed by atoms with Gasteiger partial charge in [0.1, 0.15) is 6.33 Å². The molecular formula is C12H15N5O. The molecule has 0 saturated carbocycles. The van der Waals surface area contributed by atoms with Crippen LogP contribution in [0.3, 0.4) is 0 Å². The molecule has 1 aliphatic rings. The standard InChI is InChI=1S/C12H15N5O/c18-12(15-10-2-1-5-13-6-10)9-3-4-11-16-14-8-17(11)7-9/h3-4,7-8,10,13H,1-2,5-6H2,(H,15,18)/t10-/m0/s1. The molecule has 0 bridgehead atoms. The lowest BCUT2D eigenvalue weighted by Gasteiger charge is -2.23. The maximum Gasteiger partial charge on any atom is 0.253 e. The van der Waals surface area contributed by atoms with Crippen molar-refractivity contribution in [2.45, 2.75) is 18.9 Å². The van der Waals surface area contributed by atoms with Crippen molar-refractivity contribution in [2.75, 3.05) is 13.1 Å². The first-order chi connectivity index (χ1) is 8.83. The Labute approximate surface area is 104 Å². The Bertz CT molecular complexity index is 558. The molecule has 1 aliphatic heterocycles. The smallest absolute Gasteiger partial charge is 0.253 e. The lowest BCUT2D eigenvalue weighted by atomic mass is 10.1. The van der Waals surface area contributed by atoms with Crippen molar-refractivity contribution in [1.29, 1.82) is 0 Å². The van der Waals surface area contributed by atoms with Crippen LogP contribution in [0.4, 0.5) is 0 Å². The average molecular weight is 245 g/mol. The van der Waals surface area contributed by atoms with E-state index in [9.17, 15) is 4.79 Å². The molecule has 2 aromatic heterocycles. The topological polar surface area (TPSA) is 71.3 Å². The first-order valence-corrected chi connectivity index (χ1v) is 6.14. The van der Waals surface area contributed by atoms with E-state index in [1.807, 2.05) is 0 Å². The van der Waals surface area contributed by atoms with E-state index < -0.39 is 0 Å². The third kappa shape index (κ3) is 2.19. The molecule has 0 radical (unpaired) electrons. The Hall–Kier alpha value is -1.95. The quantitative estimate of drug-likeness (QED) is 0.793. The average Bonchev–Trinajstić information content (AvgIpc) is 2.87. The van der Waals surface area contributed by atoms with Gasteiger partial charge in [-0.05, 0) is 31.5 Å². The summed E-state index contributed by atoms with van der Waals surface area (Å²) in [5, 5.41) is 14.0. The van der Waals surface area contributed by atoms with Crippen molar-refractivity contribution in [3.8, 4) is 0 Å². The number of pyridine rings is 1. The molecule has 2 N–H and O–H groups in total. The highest BCUT2D eigenvalue weighted by Crippen LogP contribution is 2.06. The SMILES string of the molecule is O=C(N[C@H]1CCCNC1)c1ccc2nncn2c1. The third-order valence-corrected chi connectivity index (χ3v) is 3.19. The lowest BCUT2D eigenvalue weighted by Crippen LogP contribution is -2.45. The molecule has 1 saturated heterocycles. The predicted octanol–water partition coefficient (Wildman–Crippen LogP) is 0.211. The molecule has 2 aromatic rings. The van der Waals surface area contributed by atoms with Gasteiger partial charge in [0.25, 0.3) is 5.91 Å². The molecular weight excluding hydrogens is 230 g/mol. The molecule has 1 fully saturated rings. The first kappa shape index (κ1) is 11.2. The zero-order valence-corrected chi connectivity index (χ0v) is 9.97. The van der Waals surface area contributed by atoms with Gasteiger partial charge in [-0.2, -0.15) is 0 Å². The van der Waals surface area contributed by atoms with Crippen LogP contribution < -0.4 is 10.6 Å². The summed E-state index contributed by atoms with van der Waals surface area (Å²) in [5.41, 5.74) is 1.37. The van der Waals surface area contributed by atoms with E-state index in [-0.39, 0.29) is 11.9 Å². The van der Waals surface area contributed by atoms with Crippen molar-refractivity contribution in [3.63, 3.8) is 0 Å². The van der Waals surface area contributed by atoms with Crippen LogP contribution in [-0.2, 0) is 0 Å². The van der Waals surface area contributed by atoms with Gasteiger partial charge < -0.3 is 10.6 Å². The van der Waals surface area contributed by atoms with Crippen LogP contribution in [0.15, 0.2) is 24.7 Å². The molecule has 18 heavy (non-hydrogen) atoms. The Kier molecular flexibility index (Phi) is 2.93. The summed E-state index contributed by atoms with van der Waals surface area (Å²) in [6.07, 6.45) is 5.48. The summed E-state index contributed by atoms with van der Waals surface area (Å²) in [7, 11) is 0.